The second-order valence-electron chi connectivity index (χ2n) is 7.58. The number of hydrogen-bond donors (Lipinski definition) is 1. The Morgan fingerprint density at radius 2 is 1.95 bits per heavy atom. The highest BCUT2D eigenvalue weighted by atomic mass is 16.5. The Labute approximate surface area is 231 Å². The first-order valence-electron chi connectivity index (χ1n) is 17.4. The zero-order valence-electron chi connectivity index (χ0n) is 32.3. The van der Waals surface area contributed by atoms with Crippen LogP contribution in [0.5, 0.6) is 5.75 Å². The van der Waals surface area contributed by atoms with E-state index in [0.717, 1.165) is 11.6 Å². The number of nitrogens with two attached hydrogens (primary N) is 1. The first-order valence-corrected chi connectivity index (χ1v) is 10.9. The van der Waals surface area contributed by atoms with Gasteiger partial charge >= 0.3 is 0 Å². The topological polar surface area (TPSA) is 125 Å². The van der Waals surface area contributed by atoms with E-state index in [9.17, 15) is 0 Å². The van der Waals surface area contributed by atoms with Crippen LogP contribution in [0.3, 0.4) is 0 Å². The molecule has 192 valence electrons. The number of nitrogens with zero attached hydrogens (tertiary/aromatic N) is 8. The second kappa shape index (κ2) is 10.1. The minimum atomic E-state index is -3.49. The van der Waals surface area contributed by atoms with Crippen LogP contribution in [0.4, 0.5) is 11.6 Å². The molecule has 37 heavy (non-hydrogen) atoms. The third-order valence-electron chi connectivity index (χ3n) is 5.32. The zero-order valence-corrected chi connectivity index (χ0v) is 19.3. The third kappa shape index (κ3) is 4.68. The van der Waals surface area contributed by atoms with E-state index in [4.69, 9.17) is 32.7 Å². The molecule has 0 amide bonds. The van der Waals surface area contributed by atoms with Gasteiger partial charge in [-0.3, -0.25) is 4.90 Å². The number of aromatic nitrogens is 6. The SMILES string of the molecule is [2H]c1nn(C([2H])([2H])C([2H])([2H])N2C([2H])([2H])CN(c3ccc(OC([2H])([2H])C([2H])([2H])OC)cc3)CC2([2H])[2H])c2nc(N)n3nc(-c4ccco4)nc3c12. The average molecular weight is 517 g/mol. The third-order valence-corrected chi connectivity index (χ3v) is 5.32. The Bertz CT molecular complexity index is 2030. The molecular formula is C25H29N9O3. The molecule has 0 unspecified atom stereocenters. The van der Waals surface area contributed by atoms with Gasteiger partial charge in [0.05, 0.1) is 40.5 Å². The van der Waals surface area contributed by atoms with Crippen LogP contribution in [0.25, 0.3) is 28.3 Å². The van der Waals surface area contributed by atoms with Crippen molar-refractivity contribution in [3.05, 3.63) is 48.8 Å². The number of fused-ring (bicyclic) bond motifs is 3. The van der Waals surface area contributed by atoms with E-state index in [1.807, 2.05) is 0 Å². The van der Waals surface area contributed by atoms with Gasteiger partial charge in [-0.1, -0.05) is 0 Å². The van der Waals surface area contributed by atoms with Crippen LogP contribution in [-0.4, -0.2) is 87.1 Å². The predicted octanol–water partition coefficient (Wildman–Crippen LogP) is 2.16. The summed E-state index contributed by atoms with van der Waals surface area (Å²) < 4.78 is 127. The minimum Gasteiger partial charge on any atom is -0.491 e. The van der Waals surface area contributed by atoms with Gasteiger partial charge in [0.1, 0.15) is 12.3 Å². The van der Waals surface area contributed by atoms with Crippen molar-refractivity contribution in [3.63, 3.8) is 0 Å². The minimum absolute atomic E-state index is 0.0595. The number of hydrogen-bond acceptors (Lipinski definition) is 10. The van der Waals surface area contributed by atoms with Gasteiger partial charge in [0, 0.05) is 53.6 Å². The Balaban J connectivity index is 1.32. The molecule has 0 aliphatic carbocycles. The van der Waals surface area contributed by atoms with Crippen LogP contribution in [0.15, 0.2) is 53.3 Å². The van der Waals surface area contributed by atoms with Crippen molar-refractivity contribution in [1.82, 2.24) is 34.3 Å². The molecule has 5 heterocycles. The number of anilines is 2. The van der Waals surface area contributed by atoms with Gasteiger partial charge in [0.15, 0.2) is 17.1 Å². The van der Waals surface area contributed by atoms with E-state index in [0.29, 0.717) is 4.68 Å². The number of ether oxygens (including phenoxy) is 2. The van der Waals surface area contributed by atoms with Crippen LogP contribution < -0.4 is 15.4 Å². The average Bonchev–Trinajstić information content (AvgIpc) is 3.75. The van der Waals surface area contributed by atoms with Crippen LogP contribution in [0.1, 0.15) is 17.8 Å². The maximum absolute atomic E-state index is 8.92. The molecule has 12 heteroatoms. The first-order chi connectivity index (χ1) is 23.0. The zero-order chi connectivity index (χ0) is 36.8. The fraction of sp³-hybridized carbons (Fsp3) is 0.360. The van der Waals surface area contributed by atoms with Gasteiger partial charge in [0.25, 0.3) is 0 Å². The molecule has 2 N–H and O–H groups in total. The molecule has 0 radical (unpaired) electrons. The molecule has 1 saturated heterocycles. The van der Waals surface area contributed by atoms with E-state index >= 15 is 0 Å². The standard InChI is InChI=1S/C25H29N9O3/c1-35-15-16-36-19-6-4-18(5-7-19)32-11-8-31(9-12-32)10-13-33-23-20(17-27-33)24-28-22(21-3-2-14-37-21)30-34(24)25(26)29-23/h2-7,14,17H,8-13,15-16H2,1H3,(H2,26,29)/i8D2,9D2,10D2,13D2,15D2,16D2,17D. The Morgan fingerprint density at radius 1 is 1.11 bits per heavy atom. The molecule has 0 bridgehead atoms. The van der Waals surface area contributed by atoms with Gasteiger partial charge in [-0.25, -0.2) is 9.67 Å². The number of piperazine rings is 1. The van der Waals surface area contributed by atoms with Crippen LogP contribution in [0, 0.1) is 0 Å². The normalized spacial score (nSPS) is 24.1. The van der Waals surface area contributed by atoms with Crippen LogP contribution in [-0.2, 0) is 11.2 Å². The summed E-state index contributed by atoms with van der Waals surface area (Å²) in [6, 6.07) is 8.41. The summed E-state index contributed by atoms with van der Waals surface area (Å²) in [6.45, 7) is -19.6. The van der Waals surface area contributed by atoms with E-state index in [2.05, 4.69) is 24.9 Å². The van der Waals surface area contributed by atoms with Gasteiger partial charge in [-0.15, -0.1) is 5.10 Å². The van der Waals surface area contributed by atoms with Crippen molar-refractivity contribution in [2.45, 2.75) is 6.50 Å². The molecule has 1 aliphatic rings. The molecule has 0 saturated carbocycles. The van der Waals surface area contributed by atoms with Crippen molar-refractivity contribution in [2.75, 3.05) is 63.4 Å². The molecule has 1 aliphatic heterocycles. The van der Waals surface area contributed by atoms with E-state index in [-0.39, 0.29) is 44.9 Å². The summed E-state index contributed by atoms with van der Waals surface area (Å²) in [5.41, 5.74) is 5.85. The molecule has 1 aromatic carbocycles. The van der Waals surface area contributed by atoms with Crippen molar-refractivity contribution >= 4 is 28.3 Å². The summed E-state index contributed by atoms with van der Waals surface area (Å²) in [5, 5.41) is 7.96. The van der Waals surface area contributed by atoms with E-state index in [1.54, 1.807) is 12.1 Å². The summed E-state index contributed by atoms with van der Waals surface area (Å²) in [6.07, 6.45) is 0.812. The highest BCUT2D eigenvalue weighted by Crippen LogP contribution is 2.24. The number of benzene rings is 1. The van der Waals surface area contributed by atoms with Gasteiger partial charge in [-0.05, 0) is 36.4 Å². The number of rotatable bonds is 9. The molecule has 6 rings (SSSR count). The Hall–Kier alpha value is -4.16. The second-order valence-corrected chi connectivity index (χ2v) is 7.58. The van der Waals surface area contributed by atoms with Gasteiger partial charge in [0.2, 0.25) is 11.8 Å². The lowest BCUT2D eigenvalue weighted by molar-refractivity contribution is 0.146. The lowest BCUT2D eigenvalue weighted by Crippen LogP contribution is -2.47. The summed E-state index contributed by atoms with van der Waals surface area (Å²) in [5.74, 6) is -0.102. The molecule has 1 fully saturated rings. The van der Waals surface area contributed by atoms with Crippen molar-refractivity contribution in [1.29, 1.82) is 0 Å². The molecular weight excluding hydrogens is 474 g/mol. The number of furan rings is 1. The fourth-order valence-corrected chi connectivity index (χ4v) is 3.56. The van der Waals surface area contributed by atoms with Crippen molar-refractivity contribution < 1.29 is 31.7 Å². The smallest absolute Gasteiger partial charge is 0.225 e. The fourth-order valence-electron chi connectivity index (χ4n) is 3.56. The summed E-state index contributed by atoms with van der Waals surface area (Å²) in [4.78, 5) is 9.86. The molecule has 5 aromatic rings. The summed E-state index contributed by atoms with van der Waals surface area (Å²) >= 11 is 0. The predicted molar refractivity (Wildman–Crippen MR) is 139 cm³/mol. The molecule has 12 nitrogen and oxygen atoms in total. The maximum Gasteiger partial charge on any atom is 0.225 e. The monoisotopic (exact) mass is 516 g/mol. The van der Waals surface area contributed by atoms with Crippen LogP contribution in [0.2, 0.25) is 0 Å². The van der Waals surface area contributed by atoms with E-state index < -0.39 is 64.0 Å². The van der Waals surface area contributed by atoms with Crippen molar-refractivity contribution in [2.24, 2.45) is 0 Å². The quantitative estimate of drug-likeness (QED) is 0.311. The Morgan fingerprint density at radius 3 is 2.70 bits per heavy atom. The highest BCUT2D eigenvalue weighted by Gasteiger charge is 2.20. The van der Waals surface area contributed by atoms with Gasteiger partial charge in [-0.2, -0.15) is 14.6 Å². The Kier molecular flexibility index (Phi) is 3.51. The van der Waals surface area contributed by atoms with Crippen LogP contribution >= 0.6 is 0 Å². The lowest BCUT2D eigenvalue weighted by atomic mass is 10.2. The molecule has 4 aromatic heterocycles. The van der Waals surface area contributed by atoms with E-state index in [1.165, 1.54) is 35.4 Å². The molecule has 0 atom stereocenters. The van der Waals surface area contributed by atoms with Crippen molar-refractivity contribution in [3.8, 4) is 17.3 Å². The number of nitrogen functional groups attached to an aromatic ring is 1. The summed E-state index contributed by atoms with van der Waals surface area (Å²) in [7, 11) is 0.977. The number of aryl methyl sites for hydroxylation is 1. The maximum atomic E-state index is 8.92. The molecule has 0 spiro atoms. The number of methoxy groups -OCH3 is 1. The largest absolute Gasteiger partial charge is 0.491 e. The van der Waals surface area contributed by atoms with Gasteiger partial charge < -0.3 is 24.5 Å². The highest BCUT2D eigenvalue weighted by molar-refractivity contribution is 5.90. The first kappa shape index (κ1) is 12.9. The lowest BCUT2D eigenvalue weighted by Gasteiger charge is -2.36.